The van der Waals surface area contributed by atoms with Crippen LogP contribution in [0.3, 0.4) is 0 Å². The lowest BCUT2D eigenvalue weighted by Crippen LogP contribution is -2.17. The first kappa shape index (κ1) is 30.4. The first-order chi connectivity index (χ1) is 25.0. The molecule has 3 heteroatoms. The Labute approximate surface area is 298 Å². The quantitative estimate of drug-likeness (QED) is 0.179. The summed E-state index contributed by atoms with van der Waals surface area (Å²) in [4.78, 5) is 4.63. The van der Waals surface area contributed by atoms with E-state index in [-0.39, 0.29) is 5.41 Å². The van der Waals surface area contributed by atoms with E-state index in [4.69, 9.17) is 0 Å². The van der Waals surface area contributed by atoms with Crippen molar-refractivity contribution < 1.29 is 0 Å². The van der Waals surface area contributed by atoms with Gasteiger partial charge in [0.05, 0.1) is 17.3 Å². The molecule has 51 heavy (non-hydrogen) atoms. The van der Waals surface area contributed by atoms with Gasteiger partial charge in [0.1, 0.15) is 0 Å². The lowest BCUT2D eigenvalue weighted by molar-refractivity contribution is 0.667. The fourth-order valence-corrected chi connectivity index (χ4v) is 8.16. The van der Waals surface area contributed by atoms with Gasteiger partial charge >= 0.3 is 0 Å². The molecule has 0 saturated heterocycles. The molecule has 8 aromatic rings. The maximum Gasteiger partial charge on any atom is 0.0998 e. The highest BCUT2D eigenvalue weighted by atomic mass is 15.1. The maximum atomic E-state index is 10.7. The van der Waals surface area contributed by atoms with Crippen molar-refractivity contribution in [2.45, 2.75) is 19.3 Å². The molecule has 0 N–H and O–H groups in total. The summed E-state index contributed by atoms with van der Waals surface area (Å²) in [5.41, 5.74) is 11.7. The van der Waals surface area contributed by atoms with Crippen LogP contribution in [0.2, 0.25) is 0 Å². The molecule has 8 aromatic carbocycles. The van der Waals surface area contributed by atoms with Crippen molar-refractivity contribution in [3.63, 3.8) is 0 Å². The molecule has 0 bridgehead atoms. The smallest absolute Gasteiger partial charge is 0.0998 e. The highest BCUT2D eigenvalue weighted by Crippen LogP contribution is 2.57. The summed E-state index contributed by atoms with van der Waals surface area (Å²) in [6, 6.07) is 64.6. The molecule has 1 aliphatic rings. The number of hydrogen-bond acceptors (Lipinski definition) is 3. The normalized spacial score (nSPS) is 12.6. The molecule has 9 rings (SSSR count). The van der Waals surface area contributed by atoms with Crippen molar-refractivity contribution in [2.75, 3.05) is 9.80 Å². The van der Waals surface area contributed by atoms with E-state index in [2.05, 4.69) is 194 Å². The molecular formula is C48H35N3. The number of nitriles is 1. The van der Waals surface area contributed by atoms with Gasteiger partial charge in [-0.15, -0.1) is 0 Å². The van der Waals surface area contributed by atoms with Crippen molar-refractivity contribution in [3.05, 3.63) is 193 Å². The number of para-hydroxylation sites is 4. The number of benzene rings is 8. The molecular weight excluding hydrogens is 619 g/mol. The number of hydrogen-bond donors (Lipinski definition) is 0. The van der Waals surface area contributed by atoms with Crippen molar-refractivity contribution in [1.82, 2.24) is 0 Å². The molecule has 0 heterocycles. The summed E-state index contributed by atoms with van der Waals surface area (Å²) in [5, 5.41) is 15.2. The zero-order valence-corrected chi connectivity index (χ0v) is 28.6. The van der Waals surface area contributed by atoms with Crippen LogP contribution in [0.5, 0.6) is 0 Å². The number of anilines is 6. The Hall–Kier alpha value is -6.63. The standard InChI is InChI=1S/C48H35N3/c1-48(2)44-31-45(51(36-21-11-5-12-22-36)37-23-13-6-14-24-37)39-25-15-16-26-40(39)46(44)43-29-33(32-49)42-30-38(27-28-41(42)47(43)48)50(34-17-7-3-8-18-34)35-19-9-4-10-20-35/h3-31H,1-2H3. The minimum Gasteiger partial charge on any atom is -0.310 e. The summed E-state index contributed by atoms with van der Waals surface area (Å²) in [7, 11) is 0. The van der Waals surface area contributed by atoms with Gasteiger partial charge in [-0.05, 0) is 106 Å². The molecule has 0 saturated carbocycles. The van der Waals surface area contributed by atoms with Crippen LogP contribution in [0.15, 0.2) is 176 Å². The van der Waals surface area contributed by atoms with Gasteiger partial charge in [-0.2, -0.15) is 5.26 Å². The Morgan fingerprint density at radius 1 is 0.451 bits per heavy atom. The second-order valence-electron chi connectivity index (χ2n) is 13.7. The van der Waals surface area contributed by atoms with Crippen molar-refractivity contribution in [2.24, 2.45) is 0 Å². The van der Waals surface area contributed by atoms with E-state index in [1.165, 1.54) is 27.5 Å². The second-order valence-corrected chi connectivity index (χ2v) is 13.7. The number of rotatable bonds is 6. The first-order valence-electron chi connectivity index (χ1n) is 17.4. The van der Waals surface area contributed by atoms with E-state index in [1.807, 2.05) is 12.1 Å². The molecule has 1 aliphatic carbocycles. The van der Waals surface area contributed by atoms with E-state index in [9.17, 15) is 5.26 Å². The van der Waals surface area contributed by atoms with Crippen LogP contribution in [0.25, 0.3) is 32.7 Å². The Bertz CT molecular complexity index is 2530. The maximum absolute atomic E-state index is 10.7. The average molecular weight is 654 g/mol. The first-order valence-corrected chi connectivity index (χ1v) is 17.4. The average Bonchev–Trinajstić information content (AvgIpc) is 3.42. The summed E-state index contributed by atoms with van der Waals surface area (Å²) in [6.45, 7) is 4.68. The number of nitrogens with zero attached hydrogens (tertiary/aromatic N) is 3. The highest BCUT2D eigenvalue weighted by molar-refractivity contribution is 6.13. The molecule has 0 unspecified atom stereocenters. The predicted octanol–water partition coefficient (Wildman–Crippen LogP) is 13.1. The minimum absolute atomic E-state index is 0.338. The molecule has 0 aliphatic heterocycles. The predicted molar refractivity (Wildman–Crippen MR) is 213 cm³/mol. The summed E-state index contributed by atoms with van der Waals surface area (Å²) in [5.74, 6) is 0. The second kappa shape index (κ2) is 12.1. The molecule has 242 valence electrons. The van der Waals surface area contributed by atoms with E-state index >= 15 is 0 Å². The zero-order valence-electron chi connectivity index (χ0n) is 28.6. The van der Waals surface area contributed by atoms with Crippen molar-refractivity contribution in [3.8, 4) is 17.2 Å². The molecule has 0 amide bonds. The molecule has 3 nitrogen and oxygen atoms in total. The Kier molecular flexibility index (Phi) is 7.19. The molecule has 0 spiro atoms. The van der Waals surface area contributed by atoms with E-state index < -0.39 is 0 Å². The monoisotopic (exact) mass is 653 g/mol. The van der Waals surface area contributed by atoms with Crippen LogP contribution < -0.4 is 9.80 Å². The van der Waals surface area contributed by atoms with E-state index in [0.717, 1.165) is 50.5 Å². The van der Waals surface area contributed by atoms with Crippen molar-refractivity contribution in [1.29, 1.82) is 5.26 Å². The van der Waals surface area contributed by atoms with Crippen LogP contribution in [0.4, 0.5) is 34.1 Å². The zero-order chi connectivity index (χ0) is 34.5. The van der Waals surface area contributed by atoms with Gasteiger partial charge in [0, 0.05) is 44.6 Å². The largest absolute Gasteiger partial charge is 0.310 e. The summed E-state index contributed by atoms with van der Waals surface area (Å²) >= 11 is 0. The molecule has 0 atom stereocenters. The summed E-state index contributed by atoms with van der Waals surface area (Å²) in [6.07, 6.45) is 0. The lowest BCUT2D eigenvalue weighted by atomic mass is 9.79. The topological polar surface area (TPSA) is 30.3 Å². The van der Waals surface area contributed by atoms with Gasteiger partial charge in [-0.3, -0.25) is 0 Å². The Balaban J connectivity index is 1.29. The van der Waals surface area contributed by atoms with Gasteiger partial charge in [0.25, 0.3) is 0 Å². The van der Waals surface area contributed by atoms with Crippen LogP contribution in [-0.4, -0.2) is 0 Å². The number of fused-ring (bicyclic) bond motifs is 7. The van der Waals surface area contributed by atoms with Gasteiger partial charge in [-0.25, -0.2) is 0 Å². The third-order valence-electron chi connectivity index (χ3n) is 10.4. The SMILES string of the molecule is CC1(C)c2cc(N(c3ccccc3)c3ccccc3)c3ccccc3c2-c2cc(C#N)c3cc(N(c4ccccc4)c4ccccc4)ccc3c21. The third-order valence-corrected chi connectivity index (χ3v) is 10.4. The molecule has 0 aromatic heterocycles. The van der Waals surface area contributed by atoms with E-state index in [1.54, 1.807) is 0 Å². The third kappa shape index (κ3) is 4.88. The Morgan fingerprint density at radius 3 is 1.47 bits per heavy atom. The van der Waals surface area contributed by atoms with Crippen LogP contribution in [0.1, 0.15) is 30.5 Å². The fourth-order valence-electron chi connectivity index (χ4n) is 8.16. The van der Waals surface area contributed by atoms with Crippen LogP contribution in [0, 0.1) is 11.3 Å². The van der Waals surface area contributed by atoms with Gasteiger partial charge in [0.15, 0.2) is 0 Å². The van der Waals surface area contributed by atoms with Gasteiger partial charge < -0.3 is 9.80 Å². The molecule has 0 fully saturated rings. The van der Waals surface area contributed by atoms with Crippen LogP contribution >= 0.6 is 0 Å². The van der Waals surface area contributed by atoms with Crippen molar-refractivity contribution >= 4 is 55.7 Å². The molecule has 0 radical (unpaired) electrons. The highest BCUT2D eigenvalue weighted by Gasteiger charge is 2.40. The lowest BCUT2D eigenvalue weighted by Gasteiger charge is -2.30. The minimum atomic E-state index is -0.338. The fraction of sp³-hybridized carbons (Fsp3) is 0.0625. The van der Waals surface area contributed by atoms with Crippen LogP contribution in [-0.2, 0) is 5.41 Å². The van der Waals surface area contributed by atoms with Gasteiger partial charge in [0.2, 0.25) is 0 Å². The van der Waals surface area contributed by atoms with E-state index in [0.29, 0.717) is 5.56 Å². The summed E-state index contributed by atoms with van der Waals surface area (Å²) < 4.78 is 0. The Morgan fingerprint density at radius 2 is 0.941 bits per heavy atom. The van der Waals surface area contributed by atoms with Gasteiger partial charge in [-0.1, -0.05) is 117 Å².